The minimum absolute atomic E-state index is 0.258. The Hall–Kier alpha value is -1.51. The minimum atomic E-state index is 0.258. The molecular formula is C14H19NO2. The van der Waals surface area contributed by atoms with Gasteiger partial charge in [0.05, 0.1) is 7.11 Å². The van der Waals surface area contributed by atoms with Crippen molar-refractivity contribution in [1.29, 1.82) is 0 Å². The third kappa shape index (κ3) is 2.60. The zero-order valence-corrected chi connectivity index (χ0v) is 10.5. The number of hydrogen-bond acceptors (Lipinski definition) is 2. The zero-order valence-electron chi connectivity index (χ0n) is 10.5. The fraction of sp³-hybridized carbons (Fsp3) is 0.500. The second kappa shape index (κ2) is 5.21. The van der Waals surface area contributed by atoms with Gasteiger partial charge in [0.25, 0.3) is 0 Å². The summed E-state index contributed by atoms with van der Waals surface area (Å²) in [6.45, 7) is 3.68. The quantitative estimate of drug-likeness (QED) is 0.799. The lowest BCUT2D eigenvalue weighted by molar-refractivity contribution is -0.128. The van der Waals surface area contributed by atoms with E-state index in [9.17, 15) is 4.79 Å². The fourth-order valence-electron chi connectivity index (χ4n) is 2.25. The SMILES string of the molecule is CCc1ccc(OC)c(CN2CCCC2=O)c1. The molecule has 0 saturated carbocycles. The Bertz CT molecular complexity index is 415. The Morgan fingerprint density at radius 1 is 1.41 bits per heavy atom. The van der Waals surface area contributed by atoms with Crippen molar-refractivity contribution < 1.29 is 9.53 Å². The molecule has 0 radical (unpaired) electrons. The molecule has 1 amide bonds. The summed E-state index contributed by atoms with van der Waals surface area (Å²) in [6.07, 6.45) is 2.68. The largest absolute Gasteiger partial charge is 0.496 e. The number of carbonyl (C=O) groups excluding carboxylic acids is 1. The molecule has 0 aliphatic carbocycles. The van der Waals surface area contributed by atoms with Crippen molar-refractivity contribution in [2.75, 3.05) is 13.7 Å². The second-order valence-electron chi connectivity index (χ2n) is 4.42. The first-order chi connectivity index (χ1) is 8.24. The molecule has 0 aromatic heterocycles. The molecule has 1 aliphatic rings. The molecule has 3 heteroatoms. The van der Waals surface area contributed by atoms with Gasteiger partial charge in [0.1, 0.15) is 5.75 Å². The maximum absolute atomic E-state index is 11.6. The summed E-state index contributed by atoms with van der Waals surface area (Å²) in [7, 11) is 1.68. The van der Waals surface area contributed by atoms with E-state index in [1.165, 1.54) is 5.56 Å². The van der Waals surface area contributed by atoms with Crippen LogP contribution in [0, 0.1) is 0 Å². The van der Waals surface area contributed by atoms with Gasteiger partial charge in [0.2, 0.25) is 5.91 Å². The van der Waals surface area contributed by atoms with Crippen LogP contribution in [0.2, 0.25) is 0 Å². The molecule has 3 nitrogen and oxygen atoms in total. The lowest BCUT2D eigenvalue weighted by Gasteiger charge is -2.18. The second-order valence-corrected chi connectivity index (χ2v) is 4.42. The van der Waals surface area contributed by atoms with Crippen LogP contribution in [-0.2, 0) is 17.8 Å². The summed E-state index contributed by atoms with van der Waals surface area (Å²) in [4.78, 5) is 13.5. The van der Waals surface area contributed by atoms with Gasteiger partial charge < -0.3 is 9.64 Å². The van der Waals surface area contributed by atoms with Crippen molar-refractivity contribution >= 4 is 5.91 Å². The Kier molecular flexibility index (Phi) is 3.67. The molecule has 2 rings (SSSR count). The number of aryl methyl sites for hydroxylation is 1. The van der Waals surface area contributed by atoms with Gasteiger partial charge in [-0.3, -0.25) is 4.79 Å². The lowest BCUT2D eigenvalue weighted by Crippen LogP contribution is -2.24. The van der Waals surface area contributed by atoms with E-state index in [0.29, 0.717) is 13.0 Å². The smallest absolute Gasteiger partial charge is 0.222 e. The first kappa shape index (κ1) is 12.0. The number of hydrogen-bond donors (Lipinski definition) is 0. The normalized spacial score (nSPS) is 15.4. The minimum Gasteiger partial charge on any atom is -0.496 e. The van der Waals surface area contributed by atoms with Crippen molar-refractivity contribution in [1.82, 2.24) is 4.90 Å². The van der Waals surface area contributed by atoms with Crippen LogP contribution in [0.25, 0.3) is 0 Å². The highest BCUT2D eigenvalue weighted by Crippen LogP contribution is 2.24. The highest BCUT2D eigenvalue weighted by Gasteiger charge is 2.21. The Morgan fingerprint density at radius 3 is 2.82 bits per heavy atom. The van der Waals surface area contributed by atoms with Gasteiger partial charge in [0.15, 0.2) is 0 Å². The number of amides is 1. The third-order valence-corrected chi connectivity index (χ3v) is 3.29. The maximum Gasteiger partial charge on any atom is 0.222 e. The topological polar surface area (TPSA) is 29.5 Å². The molecule has 1 fully saturated rings. The molecule has 17 heavy (non-hydrogen) atoms. The van der Waals surface area contributed by atoms with Gasteiger partial charge in [0, 0.05) is 25.1 Å². The fourth-order valence-corrected chi connectivity index (χ4v) is 2.25. The van der Waals surface area contributed by atoms with Crippen molar-refractivity contribution in [2.24, 2.45) is 0 Å². The average Bonchev–Trinajstić information content (AvgIpc) is 2.75. The molecule has 1 aliphatic heterocycles. The van der Waals surface area contributed by atoms with Crippen LogP contribution < -0.4 is 4.74 Å². The highest BCUT2D eigenvalue weighted by atomic mass is 16.5. The van der Waals surface area contributed by atoms with Gasteiger partial charge in [-0.2, -0.15) is 0 Å². The van der Waals surface area contributed by atoms with Gasteiger partial charge in [-0.05, 0) is 24.5 Å². The van der Waals surface area contributed by atoms with E-state index in [2.05, 4.69) is 19.1 Å². The highest BCUT2D eigenvalue weighted by molar-refractivity contribution is 5.78. The van der Waals surface area contributed by atoms with Crippen molar-refractivity contribution in [2.45, 2.75) is 32.7 Å². The molecule has 1 aromatic carbocycles. The van der Waals surface area contributed by atoms with Gasteiger partial charge in [-0.15, -0.1) is 0 Å². The van der Waals surface area contributed by atoms with E-state index in [0.717, 1.165) is 30.7 Å². The number of rotatable bonds is 4. The van der Waals surface area contributed by atoms with Crippen LogP contribution >= 0.6 is 0 Å². The number of benzene rings is 1. The van der Waals surface area contributed by atoms with E-state index >= 15 is 0 Å². The van der Waals surface area contributed by atoms with Crippen LogP contribution in [0.1, 0.15) is 30.9 Å². The summed E-state index contributed by atoms with van der Waals surface area (Å²) >= 11 is 0. The predicted molar refractivity (Wildman–Crippen MR) is 67.0 cm³/mol. The standard InChI is InChI=1S/C14H19NO2/c1-3-11-6-7-13(17-2)12(9-11)10-15-8-4-5-14(15)16/h6-7,9H,3-5,8,10H2,1-2H3. The molecule has 1 heterocycles. The first-order valence-corrected chi connectivity index (χ1v) is 6.18. The molecule has 0 unspecified atom stereocenters. The maximum atomic E-state index is 11.6. The van der Waals surface area contributed by atoms with Crippen molar-refractivity contribution in [3.05, 3.63) is 29.3 Å². The number of methoxy groups -OCH3 is 1. The van der Waals surface area contributed by atoms with Crippen LogP contribution in [-0.4, -0.2) is 24.5 Å². The Balaban J connectivity index is 2.20. The Morgan fingerprint density at radius 2 is 2.24 bits per heavy atom. The molecule has 0 N–H and O–H groups in total. The molecule has 0 bridgehead atoms. The molecular weight excluding hydrogens is 214 g/mol. The lowest BCUT2D eigenvalue weighted by atomic mass is 10.1. The molecule has 0 atom stereocenters. The van der Waals surface area contributed by atoms with Crippen LogP contribution in [0.3, 0.4) is 0 Å². The van der Waals surface area contributed by atoms with E-state index in [1.54, 1.807) is 7.11 Å². The molecule has 1 aromatic rings. The zero-order chi connectivity index (χ0) is 12.3. The third-order valence-electron chi connectivity index (χ3n) is 3.29. The van der Waals surface area contributed by atoms with Crippen LogP contribution in [0.15, 0.2) is 18.2 Å². The summed E-state index contributed by atoms with van der Waals surface area (Å²) in [5, 5.41) is 0. The first-order valence-electron chi connectivity index (χ1n) is 6.18. The monoisotopic (exact) mass is 233 g/mol. The molecule has 0 spiro atoms. The number of nitrogens with zero attached hydrogens (tertiary/aromatic N) is 1. The number of ether oxygens (including phenoxy) is 1. The van der Waals surface area contributed by atoms with Gasteiger partial charge in [-0.1, -0.05) is 19.1 Å². The summed E-state index contributed by atoms with van der Waals surface area (Å²) in [6, 6.07) is 6.22. The van der Waals surface area contributed by atoms with E-state index < -0.39 is 0 Å². The van der Waals surface area contributed by atoms with E-state index in [-0.39, 0.29) is 5.91 Å². The molecule has 92 valence electrons. The van der Waals surface area contributed by atoms with Crippen LogP contribution in [0.4, 0.5) is 0 Å². The van der Waals surface area contributed by atoms with E-state index in [1.807, 2.05) is 11.0 Å². The molecule has 1 saturated heterocycles. The van der Waals surface area contributed by atoms with Gasteiger partial charge in [-0.25, -0.2) is 0 Å². The average molecular weight is 233 g/mol. The Labute approximate surface area is 102 Å². The summed E-state index contributed by atoms with van der Waals surface area (Å²) in [5.41, 5.74) is 2.40. The van der Waals surface area contributed by atoms with Crippen molar-refractivity contribution in [3.8, 4) is 5.75 Å². The van der Waals surface area contributed by atoms with Crippen LogP contribution in [0.5, 0.6) is 5.75 Å². The number of carbonyl (C=O) groups is 1. The van der Waals surface area contributed by atoms with Gasteiger partial charge >= 0.3 is 0 Å². The summed E-state index contributed by atoms with van der Waals surface area (Å²) < 4.78 is 5.35. The number of likely N-dealkylation sites (tertiary alicyclic amines) is 1. The predicted octanol–water partition coefficient (Wildman–Crippen LogP) is 2.38. The summed E-state index contributed by atoms with van der Waals surface area (Å²) in [5.74, 6) is 1.14. The van der Waals surface area contributed by atoms with E-state index in [4.69, 9.17) is 4.74 Å². The van der Waals surface area contributed by atoms with Crippen molar-refractivity contribution in [3.63, 3.8) is 0 Å².